The minimum atomic E-state index is -0.813. The van der Waals surface area contributed by atoms with Crippen molar-refractivity contribution in [1.29, 1.82) is 0 Å². The lowest BCUT2D eigenvalue weighted by atomic mass is 10.0. The van der Waals surface area contributed by atoms with Gasteiger partial charge in [-0.25, -0.2) is 0 Å². The second kappa shape index (κ2) is 5.85. The summed E-state index contributed by atoms with van der Waals surface area (Å²) in [4.78, 5) is 25.7. The molecule has 110 valence electrons. The fourth-order valence-electron chi connectivity index (χ4n) is 2.50. The van der Waals surface area contributed by atoms with Gasteiger partial charge in [-0.3, -0.25) is 9.59 Å². The fraction of sp³-hybridized carbons (Fsp3) is 0.111. The molecular weight excluding hydrogens is 278 g/mol. The van der Waals surface area contributed by atoms with Gasteiger partial charge in [0.15, 0.2) is 0 Å². The van der Waals surface area contributed by atoms with Crippen LogP contribution in [0, 0.1) is 0 Å². The molecule has 4 heteroatoms. The molecule has 0 atom stereocenters. The zero-order chi connectivity index (χ0) is 15.5. The highest BCUT2D eigenvalue weighted by Crippen LogP contribution is 2.20. The molecule has 3 rings (SSSR count). The van der Waals surface area contributed by atoms with Crippen LogP contribution in [0.3, 0.4) is 0 Å². The molecule has 0 amide bonds. The minimum absolute atomic E-state index is 0.0976. The van der Waals surface area contributed by atoms with Gasteiger partial charge in [0.2, 0.25) is 0 Å². The molecule has 0 aliphatic heterocycles. The highest BCUT2D eigenvalue weighted by molar-refractivity contribution is 5.84. The molecule has 2 N–H and O–H groups in total. The molecule has 4 nitrogen and oxygen atoms in total. The van der Waals surface area contributed by atoms with Gasteiger partial charge in [0.05, 0.1) is 0 Å². The number of benzene rings is 2. The molecule has 1 heterocycles. The smallest absolute Gasteiger partial charge is 0.303 e. The number of carboxylic acid groups (broad SMARTS) is 1. The number of hydrogen-bond acceptors (Lipinski definition) is 2. The molecule has 0 aliphatic carbocycles. The molecule has 0 radical (unpaired) electrons. The quantitative estimate of drug-likeness (QED) is 0.776. The topological polar surface area (TPSA) is 70.2 Å². The molecule has 22 heavy (non-hydrogen) atoms. The summed E-state index contributed by atoms with van der Waals surface area (Å²) in [5.74, 6) is -0.813. The third-order valence-corrected chi connectivity index (χ3v) is 3.62. The summed E-state index contributed by atoms with van der Waals surface area (Å²) in [7, 11) is 0. The van der Waals surface area contributed by atoms with Gasteiger partial charge in [-0.1, -0.05) is 36.4 Å². The molecule has 2 aromatic carbocycles. The van der Waals surface area contributed by atoms with Crippen molar-refractivity contribution in [3.63, 3.8) is 0 Å². The molecule has 3 aromatic rings. The molecule has 0 unspecified atom stereocenters. The maximum atomic E-state index is 12.2. The van der Waals surface area contributed by atoms with Crippen molar-refractivity contribution in [2.24, 2.45) is 0 Å². The van der Waals surface area contributed by atoms with Crippen molar-refractivity contribution in [2.75, 3.05) is 0 Å². The van der Waals surface area contributed by atoms with Gasteiger partial charge in [0.25, 0.3) is 5.56 Å². The Morgan fingerprint density at radius 1 is 1.05 bits per heavy atom. The third kappa shape index (κ3) is 2.91. The summed E-state index contributed by atoms with van der Waals surface area (Å²) in [6.07, 6.45) is 0.575. The average Bonchev–Trinajstić information content (AvgIpc) is 2.53. The summed E-state index contributed by atoms with van der Waals surface area (Å²) in [5.41, 5.74) is 3.05. The zero-order valence-corrected chi connectivity index (χ0v) is 11.9. The number of aromatic amines is 1. The van der Waals surface area contributed by atoms with Gasteiger partial charge >= 0.3 is 5.97 Å². The van der Waals surface area contributed by atoms with Crippen molar-refractivity contribution in [3.05, 3.63) is 70.5 Å². The fourth-order valence-corrected chi connectivity index (χ4v) is 2.50. The van der Waals surface area contributed by atoms with Crippen LogP contribution in [-0.2, 0) is 11.2 Å². The lowest BCUT2D eigenvalue weighted by Gasteiger charge is -2.06. The summed E-state index contributed by atoms with van der Waals surface area (Å²) >= 11 is 0. The third-order valence-electron chi connectivity index (χ3n) is 3.62. The summed E-state index contributed by atoms with van der Waals surface area (Å²) in [6.45, 7) is 0. The van der Waals surface area contributed by atoms with E-state index in [9.17, 15) is 9.59 Å². The van der Waals surface area contributed by atoms with E-state index in [2.05, 4.69) is 4.98 Å². The maximum absolute atomic E-state index is 12.2. The number of carboxylic acids is 1. The van der Waals surface area contributed by atoms with Crippen LogP contribution in [0.15, 0.2) is 59.4 Å². The number of aryl methyl sites for hydroxylation is 1. The number of H-pyrrole nitrogens is 1. The summed E-state index contributed by atoms with van der Waals surface area (Å²) in [6, 6.07) is 16.9. The Kier molecular flexibility index (Phi) is 3.74. The lowest BCUT2D eigenvalue weighted by molar-refractivity contribution is -0.136. The van der Waals surface area contributed by atoms with Gasteiger partial charge in [0, 0.05) is 17.5 Å². The highest BCUT2D eigenvalue weighted by Gasteiger charge is 2.06. The lowest BCUT2D eigenvalue weighted by Crippen LogP contribution is -2.08. The second-order valence-electron chi connectivity index (χ2n) is 5.19. The Morgan fingerprint density at radius 2 is 1.82 bits per heavy atom. The molecule has 0 fully saturated rings. The van der Waals surface area contributed by atoms with E-state index in [0.29, 0.717) is 12.0 Å². The largest absolute Gasteiger partial charge is 0.481 e. The first kappa shape index (κ1) is 14.1. The molecule has 1 aromatic heterocycles. The van der Waals surface area contributed by atoms with Crippen LogP contribution < -0.4 is 5.56 Å². The SMILES string of the molecule is O=C(O)CCc1ccc2[nH]c(=O)c(-c3ccccc3)cc2c1. The van der Waals surface area contributed by atoms with Gasteiger partial charge in [0.1, 0.15) is 0 Å². The normalized spacial score (nSPS) is 10.7. The first-order chi connectivity index (χ1) is 10.6. The van der Waals surface area contributed by atoms with E-state index < -0.39 is 5.97 Å². The van der Waals surface area contributed by atoms with Gasteiger partial charge in [-0.2, -0.15) is 0 Å². The second-order valence-corrected chi connectivity index (χ2v) is 5.19. The van der Waals surface area contributed by atoms with Crippen molar-refractivity contribution in [2.45, 2.75) is 12.8 Å². The highest BCUT2D eigenvalue weighted by atomic mass is 16.4. The molecule has 0 bridgehead atoms. The van der Waals surface area contributed by atoms with Crippen LogP contribution in [-0.4, -0.2) is 16.1 Å². The van der Waals surface area contributed by atoms with E-state index >= 15 is 0 Å². The van der Waals surface area contributed by atoms with E-state index in [0.717, 1.165) is 22.0 Å². The first-order valence-corrected chi connectivity index (χ1v) is 7.07. The Morgan fingerprint density at radius 3 is 2.55 bits per heavy atom. The summed E-state index contributed by atoms with van der Waals surface area (Å²) in [5, 5.41) is 9.67. The Balaban J connectivity index is 2.06. The van der Waals surface area contributed by atoms with Crippen molar-refractivity contribution in [3.8, 4) is 11.1 Å². The minimum Gasteiger partial charge on any atom is -0.481 e. The number of aromatic nitrogens is 1. The van der Waals surface area contributed by atoms with E-state index in [1.165, 1.54) is 0 Å². The average molecular weight is 293 g/mol. The van der Waals surface area contributed by atoms with Crippen molar-refractivity contribution < 1.29 is 9.90 Å². The van der Waals surface area contributed by atoms with Gasteiger partial charge in [-0.05, 0) is 41.1 Å². The predicted molar refractivity (Wildman–Crippen MR) is 86.0 cm³/mol. The van der Waals surface area contributed by atoms with Crippen molar-refractivity contribution in [1.82, 2.24) is 4.98 Å². The van der Waals surface area contributed by atoms with Crippen LogP contribution in [0.5, 0.6) is 0 Å². The van der Waals surface area contributed by atoms with Crippen LogP contribution in [0.25, 0.3) is 22.0 Å². The van der Waals surface area contributed by atoms with E-state index in [1.807, 2.05) is 54.6 Å². The van der Waals surface area contributed by atoms with Crippen LogP contribution in [0.2, 0.25) is 0 Å². The number of pyridine rings is 1. The first-order valence-electron chi connectivity index (χ1n) is 7.07. The van der Waals surface area contributed by atoms with Gasteiger partial charge < -0.3 is 10.1 Å². The molecule has 0 saturated heterocycles. The number of fused-ring (bicyclic) bond motifs is 1. The standard InChI is InChI=1S/C18H15NO3/c20-17(21)9-7-12-6-8-16-14(10-12)11-15(18(22)19-16)13-4-2-1-3-5-13/h1-6,8,10-11H,7,9H2,(H,19,22)(H,20,21). The monoisotopic (exact) mass is 293 g/mol. The number of nitrogens with one attached hydrogen (secondary N) is 1. The summed E-state index contributed by atoms with van der Waals surface area (Å²) < 4.78 is 0. The number of rotatable bonds is 4. The number of carbonyl (C=O) groups is 1. The Hall–Kier alpha value is -2.88. The molecule has 0 aliphatic rings. The zero-order valence-electron chi connectivity index (χ0n) is 11.9. The van der Waals surface area contributed by atoms with Crippen LogP contribution in [0.1, 0.15) is 12.0 Å². The van der Waals surface area contributed by atoms with Crippen molar-refractivity contribution >= 4 is 16.9 Å². The van der Waals surface area contributed by atoms with E-state index in [4.69, 9.17) is 5.11 Å². The molecule has 0 spiro atoms. The van der Waals surface area contributed by atoms with Crippen LogP contribution in [0.4, 0.5) is 0 Å². The van der Waals surface area contributed by atoms with Crippen LogP contribution >= 0.6 is 0 Å². The number of aliphatic carboxylic acids is 1. The van der Waals surface area contributed by atoms with E-state index in [-0.39, 0.29) is 12.0 Å². The Labute approximate surface area is 127 Å². The molecule has 0 saturated carbocycles. The van der Waals surface area contributed by atoms with E-state index in [1.54, 1.807) is 0 Å². The predicted octanol–water partition coefficient (Wildman–Crippen LogP) is 3.21. The Bertz CT molecular complexity index is 882. The van der Waals surface area contributed by atoms with Gasteiger partial charge in [-0.15, -0.1) is 0 Å². The number of hydrogen-bond donors (Lipinski definition) is 2. The molecular formula is C18H15NO3. The maximum Gasteiger partial charge on any atom is 0.303 e.